The molecule has 2 rings (SSSR count). The summed E-state index contributed by atoms with van der Waals surface area (Å²) in [5.74, 6) is -1.44. The highest BCUT2D eigenvalue weighted by Gasteiger charge is 2.29. The van der Waals surface area contributed by atoms with Crippen molar-refractivity contribution in [1.29, 1.82) is 0 Å². The number of carboxylic acids is 1. The highest BCUT2D eigenvalue weighted by molar-refractivity contribution is 5.86. The number of amides is 1. The average molecular weight is 291 g/mol. The normalized spacial score (nSPS) is 15.8. The summed E-state index contributed by atoms with van der Waals surface area (Å²) < 4.78 is 5.25. The fourth-order valence-corrected chi connectivity index (χ4v) is 2.73. The molecule has 1 amide bonds. The lowest BCUT2D eigenvalue weighted by molar-refractivity contribution is -0.142. The maximum atomic E-state index is 12.2. The molecule has 114 valence electrons. The summed E-state index contributed by atoms with van der Waals surface area (Å²) in [4.78, 5) is 25.6. The largest absolute Gasteiger partial charge is 0.496 e. The summed E-state index contributed by atoms with van der Waals surface area (Å²) >= 11 is 0. The van der Waals surface area contributed by atoms with Gasteiger partial charge in [-0.2, -0.15) is 0 Å². The SMILES string of the molecule is COc1ccc(C)cc1C(CC(=O)N1CCCC1)C(=O)O. The molecule has 5 heteroatoms. The van der Waals surface area contributed by atoms with Crippen LogP contribution in [0.5, 0.6) is 5.75 Å². The lowest BCUT2D eigenvalue weighted by Gasteiger charge is -2.20. The molecule has 1 heterocycles. The Morgan fingerprint density at radius 1 is 1.33 bits per heavy atom. The van der Waals surface area contributed by atoms with E-state index in [4.69, 9.17) is 4.74 Å². The molecule has 1 atom stereocenters. The van der Waals surface area contributed by atoms with Crippen molar-refractivity contribution in [2.24, 2.45) is 0 Å². The van der Waals surface area contributed by atoms with Crippen LogP contribution in [0.15, 0.2) is 18.2 Å². The van der Waals surface area contributed by atoms with Gasteiger partial charge in [0.15, 0.2) is 0 Å². The number of rotatable bonds is 5. The third-order valence-electron chi connectivity index (χ3n) is 3.90. The van der Waals surface area contributed by atoms with Crippen LogP contribution in [-0.2, 0) is 9.59 Å². The first-order valence-corrected chi connectivity index (χ1v) is 7.18. The molecule has 1 fully saturated rings. The Morgan fingerprint density at radius 2 is 2.00 bits per heavy atom. The summed E-state index contributed by atoms with van der Waals surface area (Å²) in [7, 11) is 1.51. The maximum absolute atomic E-state index is 12.2. The van der Waals surface area contributed by atoms with Crippen LogP contribution < -0.4 is 4.74 Å². The van der Waals surface area contributed by atoms with E-state index in [0.29, 0.717) is 11.3 Å². The van der Waals surface area contributed by atoms with Gasteiger partial charge in [0, 0.05) is 25.1 Å². The maximum Gasteiger partial charge on any atom is 0.311 e. The Morgan fingerprint density at radius 3 is 2.57 bits per heavy atom. The minimum Gasteiger partial charge on any atom is -0.496 e. The molecule has 5 nitrogen and oxygen atoms in total. The number of aryl methyl sites for hydroxylation is 1. The van der Waals surface area contributed by atoms with Gasteiger partial charge in [-0.15, -0.1) is 0 Å². The zero-order valence-electron chi connectivity index (χ0n) is 12.5. The van der Waals surface area contributed by atoms with Crippen LogP contribution in [0.3, 0.4) is 0 Å². The fraction of sp³-hybridized carbons (Fsp3) is 0.500. The lowest BCUT2D eigenvalue weighted by Crippen LogP contribution is -2.30. The molecule has 0 bridgehead atoms. The second-order valence-corrected chi connectivity index (χ2v) is 5.43. The molecule has 0 aromatic heterocycles. The minimum atomic E-state index is -0.994. The van der Waals surface area contributed by atoms with E-state index in [0.717, 1.165) is 31.5 Å². The van der Waals surface area contributed by atoms with E-state index >= 15 is 0 Å². The van der Waals surface area contributed by atoms with Crippen LogP contribution >= 0.6 is 0 Å². The smallest absolute Gasteiger partial charge is 0.311 e. The Balaban J connectivity index is 2.24. The van der Waals surface area contributed by atoms with Gasteiger partial charge in [0.05, 0.1) is 13.0 Å². The summed E-state index contributed by atoms with van der Waals surface area (Å²) in [5, 5.41) is 9.50. The van der Waals surface area contributed by atoms with Crippen molar-refractivity contribution in [2.45, 2.75) is 32.1 Å². The first kappa shape index (κ1) is 15.4. The number of likely N-dealkylation sites (tertiary alicyclic amines) is 1. The molecule has 1 aliphatic rings. The fourth-order valence-electron chi connectivity index (χ4n) is 2.73. The third-order valence-corrected chi connectivity index (χ3v) is 3.90. The molecular weight excluding hydrogens is 270 g/mol. The van der Waals surface area contributed by atoms with Crippen LogP contribution in [0, 0.1) is 6.92 Å². The number of hydrogen-bond acceptors (Lipinski definition) is 3. The Bertz CT molecular complexity index is 535. The molecule has 1 saturated heterocycles. The van der Waals surface area contributed by atoms with Gasteiger partial charge in [-0.3, -0.25) is 9.59 Å². The molecule has 21 heavy (non-hydrogen) atoms. The van der Waals surface area contributed by atoms with Crippen LogP contribution in [-0.4, -0.2) is 42.1 Å². The number of methoxy groups -OCH3 is 1. The minimum absolute atomic E-state index is 0.0187. The molecule has 0 aliphatic carbocycles. The molecule has 1 aromatic rings. The van der Waals surface area contributed by atoms with E-state index in [1.165, 1.54) is 7.11 Å². The van der Waals surface area contributed by atoms with E-state index in [9.17, 15) is 14.7 Å². The van der Waals surface area contributed by atoms with E-state index in [1.807, 2.05) is 13.0 Å². The molecule has 0 spiro atoms. The Labute approximate surface area is 124 Å². The molecular formula is C16H21NO4. The van der Waals surface area contributed by atoms with E-state index in [2.05, 4.69) is 0 Å². The van der Waals surface area contributed by atoms with Gasteiger partial charge in [-0.1, -0.05) is 17.7 Å². The van der Waals surface area contributed by atoms with Crippen molar-refractivity contribution in [3.05, 3.63) is 29.3 Å². The quantitative estimate of drug-likeness (QED) is 0.903. The second kappa shape index (κ2) is 6.61. The van der Waals surface area contributed by atoms with Gasteiger partial charge in [-0.05, 0) is 25.8 Å². The predicted octanol–water partition coefficient (Wildman–Crippen LogP) is 2.18. The number of aliphatic carboxylic acids is 1. The van der Waals surface area contributed by atoms with Crippen LogP contribution in [0.1, 0.15) is 36.3 Å². The zero-order valence-corrected chi connectivity index (χ0v) is 12.5. The summed E-state index contributed by atoms with van der Waals surface area (Å²) in [6.07, 6.45) is 1.98. The van der Waals surface area contributed by atoms with E-state index in [-0.39, 0.29) is 12.3 Å². The molecule has 1 aliphatic heterocycles. The third kappa shape index (κ3) is 3.54. The number of carbonyl (C=O) groups is 2. The molecule has 1 aromatic carbocycles. The number of nitrogens with zero attached hydrogens (tertiary/aromatic N) is 1. The first-order valence-electron chi connectivity index (χ1n) is 7.18. The first-order chi connectivity index (χ1) is 10.0. The Kier molecular flexibility index (Phi) is 4.83. The molecule has 0 saturated carbocycles. The van der Waals surface area contributed by atoms with E-state index in [1.54, 1.807) is 17.0 Å². The number of hydrogen-bond donors (Lipinski definition) is 1. The van der Waals surface area contributed by atoms with E-state index < -0.39 is 11.9 Å². The lowest BCUT2D eigenvalue weighted by atomic mass is 9.93. The summed E-state index contributed by atoms with van der Waals surface area (Å²) in [6, 6.07) is 5.40. The van der Waals surface area contributed by atoms with Gasteiger partial charge in [0.25, 0.3) is 0 Å². The number of carboxylic acid groups (broad SMARTS) is 1. The monoisotopic (exact) mass is 291 g/mol. The van der Waals surface area contributed by atoms with Gasteiger partial charge >= 0.3 is 5.97 Å². The Hall–Kier alpha value is -2.04. The summed E-state index contributed by atoms with van der Waals surface area (Å²) in [6.45, 7) is 3.36. The van der Waals surface area contributed by atoms with Crippen LogP contribution in [0.4, 0.5) is 0 Å². The zero-order chi connectivity index (χ0) is 15.4. The van der Waals surface area contributed by atoms with Crippen molar-refractivity contribution in [1.82, 2.24) is 4.90 Å². The highest BCUT2D eigenvalue weighted by Crippen LogP contribution is 2.31. The van der Waals surface area contributed by atoms with Gasteiger partial charge < -0.3 is 14.7 Å². The molecule has 1 N–H and O–H groups in total. The van der Waals surface area contributed by atoms with Crippen molar-refractivity contribution in [3.8, 4) is 5.75 Å². The number of benzene rings is 1. The predicted molar refractivity (Wildman–Crippen MR) is 78.5 cm³/mol. The van der Waals surface area contributed by atoms with Crippen molar-refractivity contribution < 1.29 is 19.4 Å². The van der Waals surface area contributed by atoms with Crippen molar-refractivity contribution >= 4 is 11.9 Å². The topological polar surface area (TPSA) is 66.8 Å². The molecule has 0 radical (unpaired) electrons. The summed E-state index contributed by atoms with van der Waals surface area (Å²) in [5.41, 5.74) is 1.52. The average Bonchev–Trinajstić information content (AvgIpc) is 2.98. The number of ether oxygens (including phenoxy) is 1. The van der Waals surface area contributed by atoms with Crippen molar-refractivity contribution in [2.75, 3.05) is 20.2 Å². The van der Waals surface area contributed by atoms with Gasteiger partial charge in [-0.25, -0.2) is 0 Å². The van der Waals surface area contributed by atoms with Crippen molar-refractivity contribution in [3.63, 3.8) is 0 Å². The van der Waals surface area contributed by atoms with Gasteiger partial charge in [0.1, 0.15) is 5.75 Å². The van der Waals surface area contributed by atoms with Crippen LogP contribution in [0.25, 0.3) is 0 Å². The van der Waals surface area contributed by atoms with Gasteiger partial charge in [0.2, 0.25) is 5.91 Å². The molecule has 1 unspecified atom stereocenters. The second-order valence-electron chi connectivity index (χ2n) is 5.43. The number of carbonyl (C=O) groups excluding carboxylic acids is 1. The highest BCUT2D eigenvalue weighted by atomic mass is 16.5. The van der Waals surface area contributed by atoms with Crippen LogP contribution in [0.2, 0.25) is 0 Å². The standard InChI is InChI=1S/C16H21NO4/c1-11-5-6-14(21-2)12(9-11)13(16(19)20)10-15(18)17-7-3-4-8-17/h5-6,9,13H,3-4,7-8,10H2,1-2H3,(H,19,20).